The van der Waals surface area contributed by atoms with Crippen molar-refractivity contribution in [1.29, 1.82) is 0 Å². The molecule has 0 heterocycles. The fourth-order valence-corrected chi connectivity index (χ4v) is 4.54. The van der Waals surface area contributed by atoms with Crippen LogP contribution in [-0.4, -0.2) is 6.61 Å². The summed E-state index contributed by atoms with van der Waals surface area (Å²) in [6.07, 6.45) is 6.77. The molecule has 34 heavy (non-hydrogen) atoms. The first-order valence-corrected chi connectivity index (χ1v) is 11.7. The molecular weight excluding hydrogens is 437 g/mol. The third kappa shape index (κ3) is 5.30. The summed E-state index contributed by atoms with van der Waals surface area (Å²) in [5.74, 6) is -1.70. The van der Waals surface area contributed by atoms with Crippen molar-refractivity contribution in [1.82, 2.24) is 0 Å². The van der Waals surface area contributed by atoms with Gasteiger partial charge in [0, 0.05) is 5.56 Å². The Bertz CT molecular complexity index is 1130. The van der Waals surface area contributed by atoms with Crippen molar-refractivity contribution in [2.75, 3.05) is 6.61 Å². The van der Waals surface area contributed by atoms with Gasteiger partial charge in [0.05, 0.1) is 6.61 Å². The summed E-state index contributed by atoms with van der Waals surface area (Å²) in [6.45, 7) is 6.02. The largest absolute Gasteiger partial charge is 0.491 e. The first kappa shape index (κ1) is 23.9. The molecule has 0 aromatic heterocycles. The number of hydrogen-bond donors (Lipinski definition) is 0. The van der Waals surface area contributed by atoms with Gasteiger partial charge in [-0.3, -0.25) is 0 Å². The maximum Gasteiger partial charge on any atom is 0.201 e. The van der Waals surface area contributed by atoms with E-state index < -0.39 is 17.5 Å². The molecule has 1 saturated carbocycles. The molecule has 1 aliphatic carbocycles. The Kier molecular flexibility index (Phi) is 7.61. The van der Waals surface area contributed by atoms with Gasteiger partial charge in [-0.25, -0.2) is 8.78 Å². The highest BCUT2D eigenvalue weighted by Crippen LogP contribution is 2.36. The lowest BCUT2D eigenvalue weighted by molar-refractivity contribution is 0.290. The molecule has 2 nitrogen and oxygen atoms in total. The maximum absolute atomic E-state index is 14.7. The lowest BCUT2D eigenvalue weighted by atomic mass is 9.79. The molecule has 0 N–H and O–H groups in total. The topological polar surface area (TPSA) is 18.5 Å². The van der Waals surface area contributed by atoms with Gasteiger partial charge in [0.1, 0.15) is 6.61 Å². The van der Waals surface area contributed by atoms with Crippen molar-refractivity contribution in [2.45, 2.75) is 45.1 Å². The summed E-state index contributed by atoms with van der Waals surface area (Å²) in [6, 6.07) is 15.1. The highest BCUT2D eigenvalue weighted by Gasteiger charge is 2.20. The van der Waals surface area contributed by atoms with E-state index >= 15 is 0 Å². The van der Waals surface area contributed by atoms with Crippen LogP contribution in [0.25, 0.3) is 11.1 Å². The van der Waals surface area contributed by atoms with E-state index in [-0.39, 0.29) is 35.8 Å². The molecule has 0 aliphatic heterocycles. The van der Waals surface area contributed by atoms with Crippen molar-refractivity contribution in [3.8, 4) is 22.6 Å². The molecule has 0 saturated heterocycles. The van der Waals surface area contributed by atoms with E-state index in [1.807, 2.05) is 12.1 Å². The third-order valence-electron chi connectivity index (χ3n) is 6.54. The second-order valence-electron chi connectivity index (χ2n) is 8.70. The van der Waals surface area contributed by atoms with Crippen LogP contribution in [0.5, 0.6) is 11.5 Å². The van der Waals surface area contributed by atoms with Gasteiger partial charge in [0.25, 0.3) is 0 Å². The van der Waals surface area contributed by atoms with Crippen LogP contribution in [0.15, 0.2) is 67.3 Å². The van der Waals surface area contributed by atoms with Crippen LogP contribution < -0.4 is 9.47 Å². The Morgan fingerprint density at radius 2 is 1.56 bits per heavy atom. The average molecular weight is 467 g/mol. The van der Waals surface area contributed by atoms with Crippen LogP contribution in [0.3, 0.4) is 0 Å². The molecule has 4 rings (SSSR count). The van der Waals surface area contributed by atoms with Crippen LogP contribution in [0.4, 0.5) is 13.2 Å². The molecule has 1 fully saturated rings. The minimum absolute atomic E-state index is 0.0379. The molecule has 0 amide bonds. The predicted octanol–water partition coefficient (Wildman–Crippen LogP) is 8.21. The highest BCUT2D eigenvalue weighted by molar-refractivity contribution is 5.66. The first-order valence-electron chi connectivity index (χ1n) is 11.7. The summed E-state index contributed by atoms with van der Waals surface area (Å²) in [4.78, 5) is 0. The van der Waals surface area contributed by atoms with Crippen LogP contribution in [0, 0.1) is 23.4 Å². The molecule has 0 atom stereocenters. The zero-order valence-corrected chi connectivity index (χ0v) is 19.3. The predicted molar refractivity (Wildman–Crippen MR) is 129 cm³/mol. The molecule has 0 radical (unpaired) electrons. The van der Waals surface area contributed by atoms with Crippen molar-refractivity contribution in [2.24, 2.45) is 5.92 Å². The molecule has 0 unspecified atom stereocenters. The van der Waals surface area contributed by atoms with Crippen molar-refractivity contribution in [3.63, 3.8) is 0 Å². The Balaban J connectivity index is 1.40. The minimum atomic E-state index is -1.09. The second-order valence-corrected chi connectivity index (χ2v) is 8.70. The smallest absolute Gasteiger partial charge is 0.201 e. The van der Waals surface area contributed by atoms with E-state index in [4.69, 9.17) is 9.47 Å². The molecule has 0 bridgehead atoms. The van der Waals surface area contributed by atoms with Crippen LogP contribution in [-0.2, 0) is 6.61 Å². The van der Waals surface area contributed by atoms with Gasteiger partial charge in [-0.2, -0.15) is 4.39 Å². The van der Waals surface area contributed by atoms with E-state index in [0.717, 1.165) is 11.6 Å². The molecule has 3 aromatic carbocycles. The highest BCUT2D eigenvalue weighted by atomic mass is 19.2. The van der Waals surface area contributed by atoms with Gasteiger partial charge in [0.2, 0.25) is 5.82 Å². The summed E-state index contributed by atoms with van der Waals surface area (Å²) < 4.78 is 54.0. The van der Waals surface area contributed by atoms with Gasteiger partial charge in [0.15, 0.2) is 23.1 Å². The van der Waals surface area contributed by atoms with Gasteiger partial charge in [-0.05, 0) is 85.4 Å². The standard InChI is InChI=1S/C29H29F3O2/c1-3-19-5-9-21(10-6-19)22-11-7-20(8-12-22)18-34-26-15-13-23(17-25(26)30)24-14-16-27(33-4-2)29(32)28(24)31/h3,7-8,11-17,19,21H,1,4-6,9-10,18H2,2H3. The van der Waals surface area contributed by atoms with Crippen LogP contribution in [0.1, 0.15) is 49.7 Å². The molecule has 3 aromatic rings. The Hall–Kier alpha value is -3.21. The molecule has 1 aliphatic rings. The third-order valence-corrected chi connectivity index (χ3v) is 6.54. The van der Waals surface area contributed by atoms with Crippen LogP contribution >= 0.6 is 0 Å². The Morgan fingerprint density at radius 3 is 2.21 bits per heavy atom. The molecule has 5 heteroatoms. The van der Waals surface area contributed by atoms with Gasteiger partial charge < -0.3 is 9.47 Å². The van der Waals surface area contributed by atoms with E-state index in [1.54, 1.807) is 6.92 Å². The molecule has 0 spiro atoms. The summed E-state index contributed by atoms with van der Waals surface area (Å²) in [5, 5.41) is 0. The lowest BCUT2D eigenvalue weighted by Crippen LogP contribution is -2.11. The van der Waals surface area contributed by atoms with Gasteiger partial charge >= 0.3 is 0 Å². The number of ether oxygens (including phenoxy) is 2. The number of halogens is 3. The van der Waals surface area contributed by atoms with Crippen molar-refractivity contribution >= 4 is 0 Å². The van der Waals surface area contributed by atoms with Gasteiger partial charge in [-0.15, -0.1) is 6.58 Å². The number of benzene rings is 3. The summed E-state index contributed by atoms with van der Waals surface area (Å²) in [5.41, 5.74) is 2.45. The number of rotatable bonds is 8. The first-order chi connectivity index (χ1) is 16.5. The lowest BCUT2D eigenvalue weighted by Gasteiger charge is -2.27. The van der Waals surface area contributed by atoms with E-state index in [2.05, 4.69) is 24.8 Å². The van der Waals surface area contributed by atoms with E-state index in [1.165, 1.54) is 55.5 Å². The zero-order chi connectivity index (χ0) is 24.1. The summed E-state index contributed by atoms with van der Waals surface area (Å²) in [7, 11) is 0. The summed E-state index contributed by atoms with van der Waals surface area (Å²) >= 11 is 0. The fraction of sp³-hybridized carbons (Fsp3) is 0.310. The van der Waals surface area contributed by atoms with E-state index in [0.29, 0.717) is 11.8 Å². The van der Waals surface area contributed by atoms with Crippen molar-refractivity contribution < 1.29 is 22.6 Å². The normalized spacial score (nSPS) is 17.9. The number of hydrogen-bond acceptors (Lipinski definition) is 2. The second kappa shape index (κ2) is 10.8. The minimum Gasteiger partial charge on any atom is -0.491 e. The SMILES string of the molecule is C=CC1CCC(c2ccc(COc3ccc(-c4ccc(OCC)c(F)c4F)cc3F)cc2)CC1. The molecule has 178 valence electrons. The Morgan fingerprint density at radius 1 is 0.853 bits per heavy atom. The zero-order valence-electron chi connectivity index (χ0n) is 19.3. The fourth-order valence-electron chi connectivity index (χ4n) is 4.54. The van der Waals surface area contributed by atoms with Gasteiger partial charge in [-0.1, -0.05) is 36.4 Å². The number of allylic oxidation sites excluding steroid dienone is 1. The Labute approximate surface area is 199 Å². The monoisotopic (exact) mass is 466 g/mol. The van der Waals surface area contributed by atoms with Crippen LogP contribution in [0.2, 0.25) is 0 Å². The van der Waals surface area contributed by atoms with Crippen molar-refractivity contribution in [3.05, 3.63) is 95.8 Å². The average Bonchev–Trinajstić information content (AvgIpc) is 2.87. The molecular formula is C29H29F3O2. The maximum atomic E-state index is 14.7. The quantitative estimate of drug-likeness (QED) is 0.312. The van der Waals surface area contributed by atoms with E-state index in [9.17, 15) is 13.2 Å².